The van der Waals surface area contributed by atoms with Crippen molar-refractivity contribution in [2.24, 2.45) is 17.8 Å². The lowest BCUT2D eigenvalue weighted by Gasteiger charge is -2.15. The van der Waals surface area contributed by atoms with Gasteiger partial charge in [0.1, 0.15) is 5.41 Å². The number of carbonyl (C=O) groups is 1. The fraction of sp³-hybridized carbons (Fsp3) is 0.850. The van der Waals surface area contributed by atoms with Crippen LogP contribution in [0.4, 0.5) is 0 Å². The molecule has 0 N–H and O–H groups in total. The largest absolute Gasteiger partial charge is 0.302 e. The van der Waals surface area contributed by atoms with Crippen molar-refractivity contribution < 1.29 is 4.79 Å². The molecule has 0 aromatic rings. The van der Waals surface area contributed by atoms with Gasteiger partial charge in [0.25, 0.3) is 0 Å². The fourth-order valence-electron chi connectivity index (χ4n) is 3.13. The summed E-state index contributed by atoms with van der Waals surface area (Å²) in [5.41, 5.74) is 1.27. The molecule has 0 saturated heterocycles. The summed E-state index contributed by atoms with van der Waals surface area (Å²) in [6.45, 7) is 11.5. The van der Waals surface area contributed by atoms with Crippen LogP contribution >= 0.6 is 0 Å². The fourth-order valence-corrected chi connectivity index (χ4v) is 3.62. The van der Waals surface area contributed by atoms with E-state index >= 15 is 0 Å². The molecular weight excluding hydrogens is 284 g/mol. The summed E-state index contributed by atoms with van der Waals surface area (Å²) in [6.07, 6.45) is 13.8. The van der Waals surface area contributed by atoms with Gasteiger partial charge in [0.15, 0.2) is 0 Å². The van der Waals surface area contributed by atoms with Gasteiger partial charge in [0, 0.05) is 0 Å². The molecule has 0 aliphatic rings. The Bertz CT molecular complexity index is 320. The molecular formula is C20H40OSi. The predicted octanol–water partition coefficient (Wildman–Crippen LogP) is 5.26. The van der Waals surface area contributed by atoms with Crippen molar-refractivity contribution in [1.82, 2.24) is 0 Å². The molecule has 0 rings (SSSR count). The molecule has 0 aliphatic heterocycles. The average molecular weight is 325 g/mol. The van der Waals surface area contributed by atoms with Crippen molar-refractivity contribution in [3.63, 3.8) is 0 Å². The predicted molar refractivity (Wildman–Crippen MR) is 103 cm³/mol. The van der Waals surface area contributed by atoms with Gasteiger partial charge in [-0.15, -0.1) is 0 Å². The third-order valence-electron chi connectivity index (χ3n) is 4.59. The lowest BCUT2D eigenvalue weighted by molar-refractivity contribution is -0.107. The molecule has 2 atom stereocenters. The first-order valence-corrected chi connectivity index (χ1v) is 10.5. The molecule has 2 unspecified atom stereocenters. The van der Waals surface area contributed by atoms with Crippen LogP contribution < -0.4 is 0 Å². The molecule has 0 aromatic carbocycles. The van der Waals surface area contributed by atoms with Crippen LogP contribution in [0, 0.1) is 17.8 Å². The average Bonchev–Trinajstić information content (AvgIpc) is 2.37. The van der Waals surface area contributed by atoms with E-state index in [2.05, 4.69) is 34.6 Å². The zero-order chi connectivity index (χ0) is 17.0. The van der Waals surface area contributed by atoms with Gasteiger partial charge in [-0.3, -0.25) is 0 Å². The molecule has 0 aliphatic carbocycles. The van der Waals surface area contributed by atoms with Crippen molar-refractivity contribution in [2.45, 2.75) is 92.4 Å². The topological polar surface area (TPSA) is 17.1 Å². The number of hydrogen-bond donors (Lipinski definition) is 0. The van der Waals surface area contributed by atoms with Gasteiger partial charge in [-0.05, 0) is 43.6 Å². The number of rotatable bonds is 13. The van der Waals surface area contributed by atoms with E-state index in [1.807, 2.05) is 6.08 Å². The highest BCUT2D eigenvalue weighted by molar-refractivity contribution is 6.60. The second-order valence-electron chi connectivity index (χ2n) is 7.96. The molecule has 0 spiro atoms. The maximum atomic E-state index is 11.1. The highest BCUT2D eigenvalue weighted by Crippen LogP contribution is 2.21. The van der Waals surface area contributed by atoms with E-state index in [0.717, 1.165) is 24.2 Å². The molecule has 0 heterocycles. The molecule has 22 heavy (non-hydrogen) atoms. The van der Waals surface area contributed by atoms with Gasteiger partial charge >= 0.3 is 0 Å². The number of hydrogen-bond acceptors (Lipinski definition) is 1. The minimum Gasteiger partial charge on any atom is -0.302 e. The van der Waals surface area contributed by atoms with Crippen LogP contribution in [0.5, 0.6) is 0 Å². The molecule has 0 radical (unpaired) electrons. The van der Waals surface area contributed by atoms with E-state index in [-0.39, 0.29) is 0 Å². The standard InChI is InChI=1S/C20H40OSi/c1-16(2)9-6-10-17(3)11-7-12-18(4)13-8-14-19(5)15-20(21)22/h15-18H,6-14H2,1-5,22H3. The Hall–Kier alpha value is -0.373. The first kappa shape index (κ1) is 21.6. The maximum absolute atomic E-state index is 11.1. The monoisotopic (exact) mass is 324 g/mol. The SMILES string of the molecule is CC(=CC(=O)[SiH3])CCCC(C)CCCC(C)CCCC(C)C. The summed E-state index contributed by atoms with van der Waals surface area (Å²) >= 11 is 0. The van der Waals surface area contributed by atoms with Crippen LogP contribution in [0.25, 0.3) is 0 Å². The number of allylic oxidation sites excluding steroid dienone is 2. The minimum atomic E-state index is 0.317. The zero-order valence-corrected chi connectivity index (χ0v) is 18.1. The normalized spacial score (nSPS) is 15.3. The summed E-state index contributed by atoms with van der Waals surface area (Å²) in [4.78, 5) is 11.1. The Labute approximate surface area is 142 Å². The summed E-state index contributed by atoms with van der Waals surface area (Å²) in [5, 5.41) is 0.317. The van der Waals surface area contributed by atoms with E-state index in [4.69, 9.17) is 0 Å². The third kappa shape index (κ3) is 14.6. The van der Waals surface area contributed by atoms with Crippen molar-refractivity contribution >= 4 is 15.6 Å². The Kier molecular flexibility index (Phi) is 12.9. The quantitative estimate of drug-likeness (QED) is 0.333. The lowest BCUT2D eigenvalue weighted by atomic mass is 9.91. The molecule has 0 saturated carbocycles. The molecule has 2 heteroatoms. The van der Waals surface area contributed by atoms with Crippen LogP contribution in [-0.2, 0) is 4.79 Å². The Balaban J connectivity index is 3.60. The van der Waals surface area contributed by atoms with Crippen LogP contribution in [0.1, 0.15) is 92.4 Å². The summed E-state index contributed by atoms with van der Waals surface area (Å²) in [5.74, 6) is 2.59. The molecule has 1 nitrogen and oxygen atoms in total. The van der Waals surface area contributed by atoms with Gasteiger partial charge in [-0.1, -0.05) is 78.2 Å². The molecule has 130 valence electrons. The van der Waals surface area contributed by atoms with Crippen LogP contribution in [0.2, 0.25) is 0 Å². The van der Waals surface area contributed by atoms with Crippen molar-refractivity contribution in [3.8, 4) is 0 Å². The molecule has 0 bridgehead atoms. The molecule has 0 fully saturated rings. The smallest absolute Gasteiger partial charge is 0.122 e. The van der Waals surface area contributed by atoms with Gasteiger partial charge in [-0.2, -0.15) is 0 Å². The summed E-state index contributed by atoms with van der Waals surface area (Å²) in [6, 6.07) is 0. The lowest BCUT2D eigenvalue weighted by Crippen LogP contribution is -2.00. The van der Waals surface area contributed by atoms with Crippen LogP contribution in [-0.4, -0.2) is 15.6 Å². The van der Waals surface area contributed by atoms with Gasteiger partial charge in [-0.25, -0.2) is 0 Å². The highest BCUT2D eigenvalue weighted by atomic mass is 28.1. The van der Waals surface area contributed by atoms with Gasteiger partial charge in [0.05, 0.1) is 10.2 Å². The second-order valence-corrected chi connectivity index (χ2v) is 8.95. The Morgan fingerprint density at radius 1 is 0.864 bits per heavy atom. The zero-order valence-electron chi connectivity index (χ0n) is 16.1. The first-order valence-electron chi connectivity index (χ1n) is 9.49. The second kappa shape index (κ2) is 13.1. The summed E-state index contributed by atoms with van der Waals surface area (Å²) in [7, 11) is 0.655. The van der Waals surface area contributed by atoms with E-state index < -0.39 is 0 Å². The number of carbonyl (C=O) groups excluding carboxylic acids is 1. The Morgan fingerprint density at radius 2 is 1.32 bits per heavy atom. The van der Waals surface area contributed by atoms with E-state index in [9.17, 15) is 4.79 Å². The van der Waals surface area contributed by atoms with Gasteiger partial charge in [0.2, 0.25) is 0 Å². The van der Waals surface area contributed by atoms with E-state index in [1.165, 1.54) is 56.9 Å². The van der Waals surface area contributed by atoms with Crippen molar-refractivity contribution in [1.29, 1.82) is 0 Å². The van der Waals surface area contributed by atoms with E-state index in [1.54, 1.807) is 0 Å². The Morgan fingerprint density at radius 3 is 1.77 bits per heavy atom. The third-order valence-corrected chi connectivity index (χ3v) is 4.88. The highest BCUT2D eigenvalue weighted by Gasteiger charge is 2.06. The van der Waals surface area contributed by atoms with Crippen LogP contribution in [0.15, 0.2) is 11.6 Å². The summed E-state index contributed by atoms with van der Waals surface area (Å²) < 4.78 is 0. The molecule has 0 amide bonds. The maximum Gasteiger partial charge on any atom is 0.122 e. The van der Waals surface area contributed by atoms with Crippen LogP contribution in [0.3, 0.4) is 0 Å². The first-order chi connectivity index (χ1) is 10.3. The van der Waals surface area contributed by atoms with Crippen molar-refractivity contribution in [2.75, 3.05) is 0 Å². The van der Waals surface area contributed by atoms with Gasteiger partial charge < -0.3 is 4.79 Å². The van der Waals surface area contributed by atoms with E-state index in [0.29, 0.717) is 15.6 Å². The van der Waals surface area contributed by atoms with Crippen molar-refractivity contribution in [3.05, 3.63) is 11.6 Å². The minimum absolute atomic E-state index is 0.317. The molecule has 0 aromatic heterocycles.